The number of fused-ring (bicyclic) bond motifs is 1. The molecule has 4 heterocycles. The third kappa shape index (κ3) is 4.41. The number of ether oxygens (including phenoxy) is 1. The van der Waals surface area contributed by atoms with E-state index in [0.717, 1.165) is 49.7 Å². The van der Waals surface area contributed by atoms with Crippen molar-refractivity contribution in [2.45, 2.75) is 0 Å². The standard InChI is InChI=1S/C22H25N9O2/c1-33-11-10-29-6-8-30(9-7-29)22(32)16-2-4-18(5-3-16)28-20-21-24-15-27-31(21)19(14-23-20)17-12-25-26-13-17/h2-5,12-15H,6-11H2,1H3,(H,23,28)(H,25,26). The normalized spacial score (nSPS) is 14.6. The zero-order chi connectivity index (χ0) is 22.6. The minimum absolute atomic E-state index is 0.0513. The number of anilines is 2. The van der Waals surface area contributed by atoms with Crippen LogP contribution >= 0.6 is 0 Å². The highest BCUT2D eigenvalue weighted by Crippen LogP contribution is 2.24. The Balaban J connectivity index is 1.26. The maximum absolute atomic E-state index is 12.9. The van der Waals surface area contributed by atoms with E-state index in [1.165, 1.54) is 6.33 Å². The molecule has 0 spiro atoms. The predicted octanol–water partition coefficient (Wildman–Crippen LogP) is 1.66. The van der Waals surface area contributed by atoms with E-state index < -0.39 is 0 Å². The van der Waals surface area contributed by atoms with Gasteiger partial charge in [0.1, 0.15) is 6.33 Å². The number of methoxy groups -OCH3 is 1. The molecule has 5 rings (SSSR count). The number of aromatic nitrogens is 6. The SMILES string of the molecule is COCCN1CCN(C(=O)c2ccc(Nc3ncc(-c4cn[nH]c4)n4ncnc34)cc2)CC1. The third-order valence-corrected chi connectivity index (χ3v) is 5.76. The number of rotatable bonds is 7. The fourth-order valence-electron chi connectivity index (χ4n) is 3.90. The Morgan fingerprint density at radius 2 is 1.94 bits per heavy atom. The molecule has 3 aromatic heterocycles. The van der Waals surface area contributed by atoms with Gasteiger partial charge in [0.2, 0.25) is 0 Å². The summed E-state index contributed by atoms with van der Waals surface area (Å²) in [5.74, 6) is 0.626. The molecule has 33 heavy (non-hydrogen) atoms. The zero-order valence-corrected chi connectivity index (χ0v) is 18.3. The molecule has 1 saturated heterocycles. The molecule has 1 aliphatic rings. The zero-order valence-electron chi connectivity index (χ0n) is 18.3. The molecule has 0 radical (unpaired) electrons. The monoisotopic (exact) mass is 447 g/mol. The van der Waals surface area contributed by atoms with Gasteiger partial charge in [0.15, 0.2) is 11.5 Å². The van der Waals surface area contributed by atoms with Crippen LogP contribution in [-0.4, -0.2) is 91.9 Å². The predicted molar refractivity (Wildman–Crippen MR) is 122 cm³/mol. The number of hydrogen-bond acceptors (Lipinski definition) is 8. The van der Waals surface area contributed by atoms with E-state index in [0.29, 0.717) is 23.6 Å². The average molecular weight is 448 g/mol. The number of piperazine rings is 1. The minimum atomic E-state index is 0.0513. The van der Waals surface area contributed by atoms with Crippen LogP contribution in [0.1, 0.15) is 10.4 Å². The molecule has 1 aromatic carbocycles. The molecular formula is C22H25N9O2. The summed E-state index contributed by atoms with van der Waals surface area (Å²) in [5, 5.41) is 14.4. The van der Waals surface area contributed by atoms with E-state index in [2.05, 4.69) is 35.5 Å². The fraction of sp³-hybridized carbons (Fsp3) is 0.318. The first kappa shape index (κ1) is 21.0. The van der Waals surface area contributed by atoms with Crippen LogP contribution < -0.4 is 5.32 Å². The Morgan fingerprint density at radius 1 is 1.12 bits per heavy atom. The molecule has 1 aliphatic heterocycles. The number of nitrogens with zero attached hydrogens (tertiary/aromatic N) is 7. The topological polar surface area (TPSA) is 117 Å². The van der Waals surface area contributed by atoms with Crippen LogP contribution in [0.15, 0.2) is 49.2 Å². The first-order valence-electron chi connectivity index (χ1n) is 10.8. The van der Waals surface area contributed by atoms with Crippen molar-refractivity contribution in [1.29, 1.82) is 0 Å². The van der Waals surface area contributed by atoms with E-state index in [4.69, 9.17) is 4.74 Å². The maximum Gasteiger partial charge on any atom is 0.253 e. The number of carbonyl (C=O) groups is 1. The first-order chi connectivity index (χ1) is 16.2. The van der Waals surface area contributed by atoms with Crippen LogP contribution in [0.5, 0.6) is 0 Å². The van der Waals surface area contributed by atoms with Gasteiger partial charge in [0.25, 0.3) is 5.91 Å². The number of carbonyl (C=O) groups excluding carboxylic acids is 1. The summed E-state index contributed by atoms with van der Waals surface area (Å²) in [6.07, 6.45) is 6.70. The number of hydrogen-bond donors (Lipinski definition) is 2. The van der Waals surface area contributed by atoms with E-state index >= 15 is 0 Å². The van der Waals surface area contributed by atoms with Crippen LogP contribution in [0.2, 0.25) is 0 Å². The van der Waals surface area contributed by atoms with Crippen LogP contribution in [-0.2, 0) is 4.74 Å². The molecular weight excluding hydrogens is 422 g/mol. The summed E-state index contributed by atoms with van der Waals surface area (Å²) >= 11 is 0. The molecule has 4 aromatic rings. The lowest BCUT2D eigenvalue weighted by Gasteiger charge is -2.34. The summed E-state index contributed by atoms with van der Waals surface area (Å²) in [7, 11) is 1.71. The molecule has 1 amide bonds. The highest BCUT2D eigenvalue weighted by Gasteiger charge is 2.22. The van der Waals surface area contributed by atoms with Gasteiger partial charge >= 0.3 is 0 Å². The molecule has 0 atom stereocenters. The Morgan fingerprint density at radius 3 is 2.67 bits per heavy atom. The summed E-state index contributed by atoms with van der Waals surface area (Å²) in [4.78, 5) is 26.0. The third-order valence-electron chi connectivity index (χ3n) is 5.76. The summed E-state index contributed by atoms with van der Waals surface area (Å²) in [6, 6.07) is 7.42. The Bertz CT molecular complexity index is 1210. The van der Waals surface area contributed by atoms with Crippen LogP contribution in [0, 0.1) is 0 Å². The average Bonchev–Trinajstić information content (AvgIpc) is 3.56. The van der Waals surface area contributed by atoms with Crippen molar-refractivity contribution in [3.63, 3.8) is 0 Å². The van der Waals surface area contributed by atoms with Gasteiger partial charge in [0.05, 0.1) is 24.7 Å². The minimum Gasteiger partial charge on any atom is -0.383 e. The highest BCUT2D eigenvalue weighted by molar-refractivity contribution is 5.94. The summed E-state index contributed by atoms with van der Waals surface area (Å²) in [5.41, 5.74) is 3.73. The van der Waals surface area contributed by atoms with E-state index in [-0.39, 0.29) is 5.91 Å². The molecule has 1 fully saturated rings. The Labute approximate surface area is 190 Å². The number of nitrogens with one attached hydrogen (secondary N) is 2. The number of amides is 1. The van der Waals surface area contributed by atoms with E-state index in [1.807, 2.05) is 29.2 Å². The van der Waals surface area contributed by atoms with Crippen LogP contribution in [0.4, 0.5) is 11.5 Å². The fourth-order valence-corrected chi connectivity index (χ4v) is 3.90. The van der Waals surface area contributed by atoms with Gasteiger partial charge in [-0.1, -0.05) is 0 Å². The van der Waals surface area contributed by atoms with Crippen molar-refractivity contribution in [3.05, 3.63) is 54.7 Å². The second-order valence-electron chi connectivity index (χ2n) is 7.80. The molecule has 0 unspecified atom stereocenters. The molecule has 0 saturated carbocycles. The molecule has 170 valence electrons. The van der Waals surface area contributed by atoms with Crippen LogP contribution in [0.3, 0.4) is 0 Å². The quantitative estimate of drug-likeness (QED) is 0.439. The van der Waals surface area contributed by atoms with Crippen molar-refractivity contribution in [3.8, 4) is 11.3 Å². The van der Waals surface area contributed by atoms with Gasteiger partial charge in [0, 0.05) is 62.8 Å². The van der Waals surface area contributed by atoms with E-state index in [9.17, 15) is 4.79 Å². The molecule has 0 bridgehead atoms. The Kier molecular flexibility index (Phi) is 5.96. The number of H-pyrrole nitrogens is 1. The van der Waals surface area contributed by atoms with Gasteiger partial charge in [-0.2, -0.15) is 10.2 Å². The first-order valence-corrected chi connectivity index (χ1v) is 10.8. The lowest BCUT2D eigenvalue weighted by atomic mass is 10.1. The van der Waals surface area contributed by atoms with Gasteiger partial charge in [-0.3, -0.25) is 14.8 Å². The number of aromatic amines is 1. The number of benzene rings is 1. The van der Waals surface area contributed by atoms with Gasteiger partial charge in [-0.15, -0.1) is 0 Å². The molecule has 11 heteroatoms. The summed E-state index contributed by atoms with van der Waals surface area (Å²) < 4.78 is 6.85. The summed E-state index contributed by atoms with van der Waals surface area (Å²) in [6.45, 7) is 4.79. The maximum atomic E-state index is 12.9. The van der Waals surface area contributed by atoms with Crippen molar-refractivity contribution in [2.75, 3.05) is 51.8 Å². The smallest absolute Gasteiger partial charge is 0.253 e. The van der Waals surface area contributed by atoms with Gasteiger partial charge < -0.3 is 15.0 Å². The van der Waals surface area contributed by atoms with Gasteiger partial charge in [-0.05, 0) is 24.3 Å². The second-order valence-corrected chi connectivity index (χ2v) is 7.80. The van der Waals surface area contributed by atoms with Crippen molar-refractivity contribution < 1.29 is 9.53 Å². The van der Waals surface area contributed by atoms with E-state index in [1.54, 1.807) is 30.2 Å². The second kappa shape index (κ2) is 9.35. The Hall–Kier alpha value is -3.83. The largest absolute Gasteiger partial charge is 0.383 e. The lowest BCUT2D eigenvalue weighted by molar-refractivity contribution is 0.0594. The van der Waals surface area contributed by atoms with Gasteiger partial charge in [-0.25, -0.2) is 14.5 Å². The molecule has 2 N–H and O–H groups in total. The van der Waals surface area contributed by atoms with Crippen molar-refractivity contribution in [2.24, 2.45) is 0 Å². The highest BCUT2D eigenvalue weighted by atomic mass is 16.5. The van der Waals surface area contributed by atoms with Crippen molar-refractivity contribution in [1.82, 2.24) is 39.6 Å². The van der Waals surface area contributed by atoms with Crippen LogP contribution in [0.25, 0.3) is 16.9 Å². The molecule has 11 nitrogen and oxygen atoms in total. The molecule has 0 aliphatic carbocycles. The lowest BCUT2D eigenvalue weighted by Crippen LogP contribution is -2.49. The van der Waals surface area contributed by atoms with Crippen molar-refractivity contribution >= 4 is 23.1 Å².